The number of nitrogens with zero attached hydrogens (tertiary/aromatic N) is 1. The second-order valence-corrected chi connectivity index (χ2v) is 5.83. The van der Waals surface area contributed by atoms with Crippen LogP contribution in [0.1, 0.15) is 16.8 Å². The van der Waals surface area contributed by atoms with Gasteiger partial charge in [-0.2, -0.15) is 0 Å². The Bertz CT molecular complexity index is 672. The van der Waals surface area contributed by atoms with Gasteiger partial charge in [-0.3, -0.25) is 0 Å². The van der Waals surface area contributed by atoms with E-state index in [1.807, 2.05) is 6.07 Å². The van der Waals surface area contributed by atoms with Crippen LogP contribution < -0.4 is 0 Å². The standard InChI is InChI=1S/C17H16N2S/c1-13-7-9-15(10-8-13)20-17-16(18-12-19-17)11-14-5-3-2-4-6-14/h2-10,12H,11H2,1H3,(H,18,19). The Morgan fingerprint density at radius 3 is 2.50 bits per heavy atom. The molecule has 100 valence electrons. The van der Waals surface area contributed by atoms with Gasteiger partial charge >= 0.3 is 0 Å². The number of hydrogen-bond donors (Lipinski definition) is 1. The van der Waals surface area contributed by atoms with Crippen molar-refractivity contribution in [3.05, 3.63) is 77.7 Å². The quantitative estimate of drug-likeness (QED) is 0.764. The van der Waals surface area contributed by atoms with Gasteiger partial charge in [-0.25, -0.2) is 4.98 Å². The van der Waals surface area contributed by atoms with Gasteiger partial charge in [0.05, 0.1) is 12.0 Å². The number of rotatable bonds is 4. The predicted molar refractivity (Wildman–Crippen MR) is 83.1 cm³/mol. The molecule has 0 spiro atoms. The molecule has 0 bridgehead atoms. The zero-order chi connectivity index (χ0) is 13.8. The normalized spacial score (nSPS) is 10.7. The maximum atomic E-state index is 4.44. The van der Waals surface area contributed by atoms with Gasteiger partial charge in [0.25, 0.3) is 0 Å². The van der Waals surface area contributed by atoms with Gasteiger partial charge in [0, 0.05) is 11.3 Å². The number of aryl methyl sites for hydroxylation is 1. The van der Waals surface area contributed by atoms with Crippen LogP contribution in [0.2, 0.25) is 0 Å². The van der Waals surface area contributed by atoms with Crippen molar-refractivity contribution in [2.24, 2.45) is 0 Å². The minimum Gasteiger partial charge on any atom is -0.347 e. The fourth-order valence-electron chi connectivity index (χ4n) is 2.04. The Balaban J connectivity index is 1.78. The number of benzene rings is 2. The van der Waals surface area contributed by atoms with Crippen LogP contribution in [0.3, 0.4) is 0 Å². The topological polar surface area (TPSA) is 28.7 Å². The zero-order valence-corrected chi connectivity index (χ0v) is 12.2. The van der Waals surface area contributed by atoms with Crippen molar-refractivity contribution < 1.29 is 0 Å². The molecule has 0 aliphatic rings. The molecule has 3 rings (SSSR count). The second-order valence-electron chi connectivity index (χ2n) is 4.76. The molecule has 0 saturated heterocycles. The van der Waals surface area contributed by atoms with E-state index in [0.29, 0.717) is 0 Å². The molecule has 0 amide bonds. The van der Waals surface area contributed by atoms with E-state index in [4.69, 9.17) is 0 Å². The third-order valence-corrected chi connectivity index (χ3v) is 4.19. The van der Waals surface area contributed by atoms with Crippen LogP contribution in [-0.4, -0.2) is 9.97 Å². The number of aromatic nitrogens is 2. The Kier molecular flexibility index (Phi) is 3.88. The van der Waals surface area contributed by atoms with E-state index < -0.39 is 0 Å². The van der Waals surface area contributed by atoms with Crippen molar-refractivity contribution in [3.8, 4) is 0 Å². The van der Waals surface area contributed by atoms with Crippen LogP contribution in [-0.2, 0) is 6.42 Å². The molecule has 0 unspecified atom stereocenters. The van der Waals surface area contributed by atoms with Crippen LogP contribution in [0.5, 0.6) is 0 Å². The van der Waals surface area contributed by atoms with E-state index >= 15 is 0 Å². The SMILES string of the molecule is Cc1ccc(Sc2nc[nH]c2Cc2ccccc2)cc1. The average molecular weight is 280 g/mol. The van der Waals surface area contributed by atoms with Crippen LogP contribution in [0.15, 0.2) is 70.8 Å². The molecule has 1 heterocycles. The fourth-order valence-corrected chi connectivity index (χ4v) is 2.90. The molecule has 1 aromatic heterocycles. The summed E-state index contributed by atoms with van der Waals surface area (Å²) >= 11 is 1.71. The summed E-state index contributed by atoms with van der Waals surface area (Å²) < 4.78 is 0. The van der Waals surface area contributed by atoms with Gasteiger partial charge in [0.2, 0.25) is 0 Å². The predicted octanol–water partition coefficient (Wildman–Crippen LogP) is 4.46. The minimum atomic E-state index is 0.884. The Morgan fingerprint density at radius 1 is 1.00 bits per heavy atom. The lowest BCUT2D eigenvalue weighted by atomic mass is 10.1. The van der Waals surface area contributed by atoms with Crippen LogP contribution >= 0.6 is 11.8 Å². The summed E-state index contributed by atoms with van der Waals surface area (Å²) in [5.41, 5.74) is 3.74. The third-order valence-electron chi connectivity index (χ3n) is 3.14. The molecule has 0 fully saturated rings. The first-order valence-electron chi connectivity index (χ1n) is 6.62. The molecule has 2 nitrogen and oxygen atoms in total. The van der Waals surface area contributed by atoms with Crippen LogP contribution in [0, 0.1) is 6.92 Å². The van der Waals surface area contributed by atoms with Crippen molar-refractivity contribution in [2.45, 2.75) is 23.3 Å². The minimum absolute atomic E-state index is 0.884. The van der Waals surface area contributed by atoms with Crippen molar-refractivity contribution >= 4 is 11.8 Å². The van der Waals surface area contributed by atoms with Crippen molar-refractivity contribution in [3.63, 3.8) is 0 Å². The molecule has 0 atom stereocenters. The molecule has 3 aromatic rings. The van der Waals surface area contributed by atoms with E-state index in [1.54, 1.807) is 18.1 Å². The van der Waals surface area contributed by atoms with Crippen molar-refractivity contribution in [1.82, 2.24) is 9.97 Å². The molecule has 0 radical (unpaired) electrons. The lowest BCUT2D eigenvalue weighted by Crippen LogP contribution is -1.90. The van der Waals surface area contributed by atoms with E-state index in [0.717, 1.165) is 11.4 Å². The van der Waals surface area contributed by atoms with E-state index in [1.165, 1.54) is 21.7 Å². The van der Waals surface area contributed by atoms with Crippen molar-refractivity contribution in [2.75, 3.05) is 0 Å². The second kappa shape index (κ2) is 5.97. The summed E-state index contributed by atoms with van der Waals surface area (Å²) in [7, 11) is 0. The zero-order valence-electron chi connectivity index (χ0n) is 11.3. The van der Waals surface area contributed by atoms with Crippen LogP contribution in [0.25, 0.3) is 0 Å². The first-order chi connectivity index (χ1) is 9.81. The van der Waals surface area contributed by atoms with Crippen LogP contribution in [0.4, 0.5) is 0 Å². The largest absolute Gasteiger partial charge is 0.347 e. The van der Waals surface area contributed by atoms with Gasteiger partial charge in [-0.15, -0.1) is 0 Å². The van der Waals surface area contributed by atoms with E-state index in [2.05, 4.69) is 65.4 Å². The highest BCUT2D eigenvalue weighted by atomic mass is 32.2. The number of aromatic amines is 1. The van der Waals surface area contributed by atoms with Gasteiger partial charge in [-0.05, 0) is 24.6 Å². The van der Waals surface area contributed by atoms with Gasteiger partial charge in [0.15, 0.2) is 0 Å². The third kappa shape index (κ3) is 3.11. The molecule has 0 aliphatic carbocycles. The monoisotopic (exact) mass is 280 g/mol. The van der Waals surface area contributed by atoms with E-state index in [-0.39, 0.29) is 0 Å². The molecule has 20 heavy (non-hydrogen) atoms. The average Bonchev–Trinajstić information content (AvgIpc) is 2.90. The maximum Gasteiger partial charge on any atom is 0.122 e. The molecule has 2 aromatic carbocycles. The molecule has 1 N–H and O–H groups in total. The van der Waals surface area contributed by atoms with Gasteiger partial charge < -0.3 is 4.98 Å². The Morgan fingerprint density at radius 2 is 1.75 bits per heavy atom. The Hall–Kier alpha value is -2.00. The summed E-state index contributed by atoms with van der Waals surface area (Å²) in [5, 5.41) is 1.05. The van der Waals surface area contributed by atoms with Gasteiger partial charge in [0.1, 0.15) is 5.03 Å². The van der Waals surface area contributed by atoms with Gasteiger partial charge in [-0.1, -0.05) is 59.8 Å². The molecule has 0 aliphatic heterocycles. The highest BCUT2D eigenvalue weighted by molar-refractivity contribution is 7.99. The summed E-state index contributed by atoms with van der Waals surface area (Å²) in [5.74, 6) is 0. The highest BCUT2D eigenvalue weighted by Crippen LogP contribution is 2.29. The summed E-state index contributed by atoms with van der Waals surface area (Å²) in [6.45, 7) is 2.10. The number of imidazole rings is 1. The summed E-state index contributed by atoms with van der Waals surface area (Å²) in [4.78, 5) is 8.91. The number of nitrogens with one attached hydrogen (secondary N) is 1. The highest BCUT2D eigenvalue weighted by Gasteiger charge is 2.08. The van der Waals surface area contributed by atoms with Crippen molar-refractivity contribution in [1.29, 1.82) is 0 Å². The first-order valence-corrected chi connectivity index (χ1v) is 7.43. The fraction of sp³-hybridized carbons (Fsp3) is 0.118. The number of hydrogen-bond acceptors (Lipinski definition) is 2. The smallest absolute Gasteiger partial charge is 0.122 e. The molecule has 3 heteroatoms. The first kappa shape index (κ1) is 13.0. The van der Waals surface area contributed by atoms with E-state index in [9.17, 15) is 0 Å². The summed E-state index contributed by atoms with van der Waals surface area (Å²) in [6.07, 6.45) is 2.66. The molecule has 0 saturated carbocycles. The Labute approximate surface area is 123 Å². The lowest BCUT2D eigenvalue weighted by Gasteiger charge is -2.03. The number of H-pyrrole nitrogens is 1. The lowest BCUT2D eigenvalue weighted by molar-refractivity contribution is 1.04. The molecular weight excluding hydrogens is 264 g/mol. The summed E-state index contributed by atoms with van der Waals surface area (Å²) in [6, 6.07) is 19.0. The molecular formula is C17H16N2S. The maximum absolute atomic E-state index is 4.44.